The Morgan fingerprint density at radius 3 is 2.80 bits per heavy atom. The van der Waals surface area contributed by atoms with Crippen molar-refractivity contribution in [3.8, 4) is 0 Å². The molecule has 0 saturated carbocycles. The van der Waals surface area contributed by atoms with Gasteiger partial charge in [0.05, 0.1) is 0 Å². The molecule has 5 nitrogen and oxygen atoms in total. The van der Waals surface area contributed by atoms with Crippen LogP contribution in [-0.4, -0.2) is 29.0 Å². The molecule has 15 heavy (non-hydrogen) atoms. The van der Waals surface area contributed by atoms with E-state index in [1.54, 1.807) is 20.8 Å². The molecule has 0 fully saturated rings. The molecule has 84 valence electrons. The smallest absolute Gasteiger partial charge is 0.416 e. The fourth-order valence-electron chi connectivity index (χ4n) is 0.943. The second kappa shape index (κ2) is 4.32. The summed E-state index contributed by atoms with van der Waals surface area (Å²) in [7, 11) is 0. The third-order valence-corrected chi connectivity index (χ3v) is 1.93. The minimum absolute atomic E-state index is 0.488. The van der Waals surface area contributed by atoms with Crippen LogP contribution in [0.25, 0.3) is 0 Å². The van der Waals surface area contributed by atoms with Gasteiger partial charge in [-0.15, -0.1) is 0 Å². The number of amides is 1. The Kier molecular flexibility index (Phi) is 3.51. The summed E-state index contributed by atoms with van der Waals surface area (Å²) in [5, 5.41) is 0. The van der Waals surface area contributed by atoms with Gasteiger partial charge in [0, 0.05) is 12.4 Å². The van der Waals surface area contributed by atoms with Gasteiger partial charge in [0.15, 0.2) is 0 Å². The molecule has 1 aliphatic rings. The van der Waals surface area contributed by atoms with E-state index in [2.05, 4.69) is 20.9 Å². The van der Waals surface area contributed by atoms with Gasteiger partial charge >= 0.3 is 6.09 Å². The van der Waals surface area contributed by atoms with E-state index in [1.165, 1.54) is 17.3 Å². The van der Waals surface area contributed by atoms with E-state index >= 15 is 0 Å². The Morgan fingerprint density at radius 2 is 2.27 bits per heavy atom. The maximum absolute atomic E-state index is 11.7. The topological polar surface area (TPSA) is 67.9 Å². The van der Waals surface area contributed by atoms with Gasteiger partial charge in [-0.1, -0.05) is 0 Å². The zero-order valence-electron chi connectivity index (χ0n) is 8.90. The fourth-order valence-corrected chi connectivity index (χ4v) is 1.28. The molecule has 1 amide bonds. The van der Waals surface area contributed by atoms with Gasteiger partial charge in [0.25, 0.3) is 0 Å². The first-order valence-corrected chi connectivity index (χ1v) is 5.27. The van der Waals surface area contributed by atoms with Crippen molar-refractivity contribution < 1.29 is 9.53 Å². The molecule has 1 atom stereocenters. The van der Waals surface area contributed by atoms with Gasteiger partial charge in [0.1, 0.15) is 16.4 Å². The minimum Gasteiger partial charge on any atom is -0.443 e. The number of ether oxygens (including phenoxy) is 1. The molecule has 0 spiro atoms. The highest BCUT2D eigenvalue weighted by Gasteiger charge is 2.26. The van der Waals surface area contributed by atoms with Crippen molar-refractivity contribution in [1.29, 1.82) is 0 Å². The number of nitrogens with two attached hydrogens (primary N) is 1. The van der Waals surface area contributed by atoms with E-state index in [4.69, 9.17) is 10.5 Å². The predicted octanol–water partition coefficient (Wildman–Crippen LogP) is 1.79. The van der Waals surface area contributed by atoms with Gasteiger partial charge in [-0.2, -0.15) is 0 Å². The quantitative estimate of drug-likeness (QED) is 0.686. The average molecular weight is 276 g/mol. The van der Waals surface area contributed by atoms with Crippen LogP contribution < -0.4 is 5.73 Å². The Hall–Kier alpha value is -0.880. The molecule has 6 heteroatoms. The van der Waals surface area contributed by atoms with Crippen LogP contribution in [-0.2, 0) is 4.74 Å². The normalized spacial score (nSPS) is 21.3. The van der Waals surface area contributed by atoms with Gasteiger partial charge in [-0.3, -0.25) is 4.90 Å². The molecule has 1 rings (SSSR count). The number of hydrogen-bond acceptors (Lipinski definition) is 4. The highest BCUT2D eigenvalue weighted by molar-refractivity contribution is 9.11. The molecule has 0 aromatic heterocycles. The molecule has 0 radical (unpaired) electrons. The summed E-state index contributed by atoms with van der Waals surface area (Å²) < 4.78 is 5.71. The monoisotopic (exact) mass is 275 g/mol. The van der Waals surface area contributed by atoms with E-state index in [9.17, 15) is 4.79 Å². The number of rotatable bonds is 0. The van der Waals surface area contributed by atoms with Crippen molar-refractivity contribution in [1.82, 2.24) is 4.90 Å². The lowest BCUT2D eigenvalue weighted by molar-refractivity contribution is 0.0310. The SMILES string of the molecule is CC(C)(C)OC(=O)N1C=C(Br)N=CC1N. The van der Waals surface area contributed by atoms with Crippen LogP contribution >= 0.6 is 15.9 Å². The van der Waals surface area contributed by atoms with Crippen LogP contribution in [0.1, 0.15) is 20.8 Å². The maximum atomic E-state index is 11.7. The van der Waals surface area contributed by atoms with Crippen LogP contribution in [0.3, 0.4) is 0 Å². The van der Waals surface area contributed by atoms with Crippen LogP contribution in [0.5, 0.6) is 0 Å². The molecular weight excluding hydrogens is 262 g/mol. The molecule has 0 saturated heterocycles. The van der Waals surface area contributed by atoms with Crippen LogP contribution in [0, 0.1) is 0 Å². The minimum atomic E-state index is -0.582. The van der Waals surface area contributed by atoms with E-state index in [1.807, 2.05) is 0 Å². The predicted molar refractivity (Wildman–Crippen MR) is 61.6 cm³/mol. The zero-order valence-corrected chi connectivity index (χ0v) is 10.5. The molecule has 0 aromatic carbocycles. The first-order chi connectivity index (χ1) is 6.79. The summed E-state index contributed by atoms with van der Waals surface area (Å²) in [6, 6.07) is 0. The second-order valence-electron chi connectivity index (χ2n) is 4.11. The highest BCUT2D eigenvalue weighted by Crippen LogP contribution is 2.17. The molecular formula is C9H14BrN3O2. The molecule has 0 aromatic rings. The van der Waals surface area contributed by atoms with Crippen molar-refractivity contribution in [2.45, 2.75) is 32.5 Å². The Bertz CT molecular complexity index is 320. The molecule has 1 aliphatic heterocycles. The Labute approximate surface area is 97.1 Å². The number of aliphatic imine (C=N–C) groups is 1. The van der Waals surface area contributed by atoms with Gasteiger partial charge < -0.3 is 10.5 Å². The van der Waals surface area contributed by atoms with Crippen molar-refractivity contribution in [3.05, 3.63) is 10.8 Å². The molecule has 0 aliphatic carbocycles. The van der Waals surface area contributed by atoms with Crippen LogP contribution in [0.4, 0.5) is 4.79 Å². The summed E-state index contributed by atoms with van der Waals surface area (Å²) in [4.78, 5) is 16.9. The second-order valence-corrected chi connectivity index (χ2v) is 4.92. The Balaban J connectivity index is 2.72. The third kappa shape index (κ3) is 3.64. The van der Waals surface area contributed by atoms with Gasteiger partial charge in [-0.05, 0) is 36.7 Å². The van der Waals surface area contributed by atoms with E-state index in [-0.39, 0.29) is 0 Å². The van der Waals surface area contributed by atoms with Crippen LogP contribution in [0.2, 0.25) is 0 Å². The van der Waals surface area contributed by atoms with Crippen molar-refractivity contribution in [2.75, 3.05) is 0 Å². The molecule has 2 N–H and O–H groups in total. The average Bonchev–Trinajstić information content (AvgIpc) is 2.06. The van der Waals surface area contributed by atoms with Crippen molar-refractivity contribution >= 4 is 28.2 Å². The van der Waals surface area contributed by atoms with Crippen molar-refractivity contribution in [3.63, 3.8) is 0 Å². The fraction of sp³-hybridized carbons (Fsp3) is 0.556. The zero-order chi connectivity index (χ0) is 11.6. The van der Waals surface area contributed by atoms with Crippen LogP contribution in [0.15, 0.2) is 15.8 Å². The van der Waals surface area contributed by atoms with Gasteiger partial charge in [-0.25, -0.2) is 9.79 Å². The summed E-state index contributed by atoms with van der Waals surface area (Å²) in [5.41, 5.74) is 5.14. The van der Waals surface area contributed by atoms with Crippen molar-refractivity contribution in [2.24, 2.45) is 10.7 Å². The number of carbonyl (C=O) groups is 1. The summed E-state index contributed by atoms with van der Waals surface area (Å²) in [6.45, 7) is 5.40. The summed E-state index contributed by atoms with van der Waals surface area (Å²) >= 11 is 3.16. The van der Waals surface area contributed by atoms with E-state index < -0.39 is 17.9 Å². The number of hydrogen-bond donors (Lipinski definition) is 1. The van der Waals surface area contributed by atoms with E-state index in [0.717, 1.165) is 0 Å². The lowest BCUT2D eigenvalue weighted by Gasteiger charge is -2.28. The van der Waals surface area contributed by atoms with E-state index in [0.29, 0.717) is 4.61 Å². The number of halogens is 1. The lowest BCUT2D eigenvalue weighted by atomic mass is 10.2. The standard InChI is InChI=1S/C9H14BrN3O2/c1-9(2,3)15-8(14)13-5-6(10)12-4-7(13)11/h4-5,7H,11H2,1-3H3. The molecule has 0 bridgehead atoms. The largest absolute Gasteiger partial charge is 0.443 e. The first-order valence-electron chi connectivity index (χ1n) is 4.48. The molecule has 1 unspecified atom stereocenters. The van der Waals surface area contributed by atoms with Gasteiger partial charge in [0.2, 0.25) is 0 Å². The summed E-state index contributed by atoms with van der Waals surface area (Å²) in [5.74, 6) is 0. The third-order valence-electron chi connectivity index (χ3n) is 1.52. The summed E-state index contributed by atoms with van der Waals surface area (Å²) in [6.07, 6.45) is 1.89. The first kappa shape index (κ1) is 12.2. The maximum Gasteiger partial charge on any atom is 0.416 e. The Morgan fingerprint density at radius 1 is 1.67 bits per heavy atom. The molecule has 1 heterocycles. The number of carbonyl (C=O) groups excluding carboxylic acids is 1. The lowest BCUT2D eigenvalue weighted by Crippen LogP contribution is -2.46. The highest BCUT2D eigenvalue weighted by atomic mass is 79.9. The number of nitrogens with zero attached hydrogens (tertiary/aromatic N) is 2.